The second kappa shape index (κ2) is 11.7. The second-order valence-corrected chi connectivity index (χ2v) is 12.5. The van der Waals surface area contributed by atoms with Gasteiger partial charge in [-0.25, -0.2) is 0 Å². The fourth-order valence-electron chi connectivity index (χ4n) is 7.77. The third-order valence-electron chi connectivity index (χ3n) is 10.1. The van der Waals surface area contributed by atoms with Crippen molar-refractivity contribution < 1.29 is 14.7 Å². The van der Waals surface area contributed by atoms with Gasteiger partial charge in [0.15, 0.2) is 0 Å². The van der Waals surface area contributed by atoms with E-state index in [0.717, 1.165) is 57.4 Å². The minimum absolute atomic E-state index is 0.0671. The molecule has 2 amide bonds. The van der Waals surface area contributed by atoms with E-state index in [4.69, 9.17) is 5.10 Å². The number of nitrogens with zero attached hydrogens (tertiary/aromatic N) is 4. The molecule has 8 nitrogen and oxygen atoms in total. The molecule has 0 radical (unpaired) electrons. The average Bonchev–Trinajstić information content (AvgIpc) is 3.23. The number of hydrogen-bond donors (Lipinski definition) is 2. The topological polar surface area (TPSA) is 90.7 Å². The Morgan fingerprint density at radius 3 is 2.26 bits per heavy atom. The van der Waals surface area contributed by atoms with Crippen LogP contribution in [0.1, 0.15) is 113 Å². The molecule has 2 aliphatic carbocycles. The van der Waals surface area contributed by atoms with E-state index in [-0.39, 0.29) is 17.7 Å². The van der Waals surface area contributed by atoms with Crippen LogP contribution in [0.25, 0.3) is 0 Å². The lowest BCUT2D eigenvalue weighted by Gasteiger charge is -2.52. The van der Waals surface area contributed by atoms with Gasteiger partial charge in [-0.1, -0.05) is 45.4 Å². The minimum atomic E-state index is -0.809. The molecule has 5 rings (SSSR count). The van der Waals surface area contributed by atoms with Gasteiger partial charge in [0.1, 0.15) is 11.6 Å². The van der Waals surface area contributed by atoms with Crippen molar-refractivity contribution in [2.75, 3.05) is 19.6 Å². The number of aromatic nitrogens is 2. The van der Waals surface area contributed by atoms with Crippen LogP contribution in [0.15, 0.2) is 0 Å². The predicted octanol–water partition coefficient (Wildman–Crippen LogP) is 4.02. The van der Waals surface area contributed by atoms with Gasteiger partial charge >= 0.3 is 0 Å². The molecule has 2 unspecified atom stereocenters. The largest absolute Gasteiger partial charge is 0.390 e. The summed E-state index contributed by atoms with van der Waals surface area (Å²) in [6, 6.07) is -0.283. The molecule has 1 spiro atoms. The molecule has 212 valence electrons. The van der Waals surface area contributed by atoms with Crippen LogP contribution in [0.3, 0.4) is 0 Å². The number of aliphatic hydroxyl groups is 1. The molecule has 0 aromatic carbocycles. The number of carbonyl (C=O) groups excluding carboxylic acids is 2. The van der Waals surface area contributed by atoms with Gasteiger partial charge in [0, 0.05) is 37.4 Å². The summed E-state index contributed by atoms with van der Waals surface area (Å²) in [5.41, 5.74) is 2.92. The van der Waals surface area contributed by atoms with Gasteiger partial charge < -0.3 is 15.3 Å². The Morgan fingerprint density at radius 1 is 1.00 bits per heavy atom. The number of piperidine rings is 1. The summed E-state index contributed by atoms with van der Waals surface area (Å²) in [5.74, 6) is -0.0562. The van der Waals surface area contributed by atoms with Crippen LogP contribution >= 0.6 is 0 Å². The molecule has 2 atom stereocenters. The smallest absolute Gasteiger partial charge is 0.248 e. The van der Waals surface area contributed by atoms with Gasteiger partial charge in [-0.15, -0.1) is 0 Å². The molecular formula is C30H49N5O3. The number of piperazine rings is 1. The highest BCUT2D eigenvalue weighted by Crippen LogP contribution is 2.37. The molecule has 2 saturated carbocycles. The number of hydrogen-bond acceptors (Lipinski definition) is 5. The van der Waals surface area contributed by atoms with Crippen LogP contribution in [0.4, 0.5) is 0 Å². The Morgan fingerprint density at radius 2 is 1.63 bits per heavy atom. The standard InChI is InChI=1S/C30H49N5O3/c1-4-17-34-28(37)26(27(36)23-11-7-5-8-12-23)31-29(38)30(34)15-18-33(19-16-30)20-25-21(2)32-35(22(25)3)24-13-9-6-10-14-24/h23-24,26-27,36H,4-20H2,1-3H3,(H,31,38). The van der Waals surface area contributed by atoms with E-state index in [1.807, 2.05) is 4.90 Å². The highest BCUT2D eigenvalue weighted by molar-refractivity contribution is 6.00. The van der Waals surface area contributed by atoms with Crippen LogP contribution in [-0.2, 0) is 16.1 Å². The van der Waals surface area contributed by atoms with Crippen LogP contribution in [-0.4, -0.2) is 73.8 Å². The zero-order chi connectivity index (χ0) is 26.9. The monoisotopic (exact) mass is 527 g/mol. The highest BCUT2D eigenvalue weighted by Gasteiger charge is 2.55. The van der Waals surface area contributed by atoms with E-state index in [1.165, 1.54) is 49.8 Å². The number of carbonyl (C=O) groups is 2. The van der Waals surface area contributed by atoms with E-state index in [0.29, 0.717) is 25.4 Å². The quantitative estimate of drug-likeness (QED) is 0.559. The van der Waals surface area contributed by atoms with Gasteiger partial charge in [0.2, 0.25) is 11.8 Å². The lowest BCUT2D eigenvalue weighted by molar-refractivity contribution is -0.165. The van der Waals surface area contributed by atoms with Crippen LogP contribution in [0, 0.1) is 19.8 Å². The zero-order valence-corrected chi connectivity index (χ0v) is 23.9. The number of amides is 2. The second-order valence-electron chi connectivity index (χ2n) is 12.5. The summed E-state index contributed by atoms with van der Waals surface area (Å²) in [6.07, 6.45) is 12.9. The molecule has 4 aliphatic rings. The average molecular weight is 528 g/mol. The molecule has 4 fully saturated rings. The van der Waals surface area contributed by atoms with Gasteiger partial charge in [-0.2, -0.15) is 5.10 Å². The summed E-state index contributed by atoms with van der Waals surface area (Å²) in [6.45, 7) is 9.34. The SMILES string of the molecule is CCCN1C(=O)C(C(O)C2CCCCC2)NC(=O)C12CCN(Cc1c(C)nn(C3CCCCC3)c1C)CC2. The first kappa shape index (κ1) is 27.6. The molecule has 38 heavy (non-hydrogen) atoms. The Kier molecular flexibility index (Phi) is 8.48. The van der Waals surface area contributed by atoms with Crippen molar-refractivity contribution in [2.45, 2.75) is 135 Å². The van der Waals surface area contributed by atoms with Crippen molar-refractivity contribution >= 4 is 11.8 Å². The molecule has 3 heterocycles. The predicted molar refractivity (Wildman–Crippen MR) is 148 cm³/mol. The Balaban J connectivity index is 1.27. The first-order valence-corrected chi connectivity index (χ1v) is 15.4. The number of aryl methyl sites for hydroxylation is 1. The van der Waals surface area contributed by atoms with Crippen molar-refractivity contribution in [1.82, 2.24) is 24.9 Å². The molecule has 2 N–H and O–H groups in total. The van der Waals surface area contributed by atoms with E-state index in [1.54, 1.807) is 0 Å². The van der Waals surface area contributed by atoms with Crippen molar-refractivity contribution in [3.05, 3.63) is 17.0 Å². The van der Waals surface area contributed by atoms with Gasteiger partial charge in [0.05, 0.1) is 17.8 Å². The third-order valence-corrected chi connectivity index (χ3v) is 10.1. The number of rotatable bonds is 7. The van der Waals surface area contributed by atoms with Crippen LogP contribution in [0.5, 0.6) is 0 Å². The van der Waals surface area contributed by atoms with Crippen molar-refractivity contribution in [3.8, 4) is 0 Å². The molecule has 2 saturated heterocycles. The lowest BCUT2D eigenvalue weighted by Crippen LogP contribution is -2.75. The first-order chi connectivity index (χ1) is 18.4. The fraction of sp³-hybridized carbons (Fsp3) is 0.833. The molecule has 0 bridgehead atoms. The Labute approximate surface area is 228 Å². The number of aliphatic hydroxyl groups excluding tert-OH is 1. The third kappa shape index (κ3) is 5.15. The van der Waals surface area contributed by atoms with E-state index in [2.05, 4.69) is 35.7 Å². The van der Waals surface area contributed by atoms with Gasteiger partial charge in [0.25, 0.3) is 0 Å². The molecule has 2 aliphatic heterocycles. The van der Waals surface area contributed by atoms with Crippen molar-refractivity contribution in [1.29, 1.82) is 0 Å². The highest BCUT2D eigenvalue weighted by atomic mass is 16.3. The lowest BCUT2D eigenvalue weighted by atomic mass is 9.78. The Hall–Kier alpha value is -1.93. The van der Waals surface area contributed by atoms with Gasteiger partial charge in [-0.3, -0.25) is 19.2 Å². The maximum absolute atomic E-state index is 13.8. The summed E-state index contributed by atoms with van der Waals surface area (Å²) in [4.78, 5) is 31.7. The summed E-state index contributed by atoms with van der Waals surface area (Å²) < 4.78 is 2.28. The summed E-state index contributed by atoms with van der Waals surface area (Å²) in [7, 11) is 0. The van der Waals surface area contributed by atoms with Crippen molar-refractivity contribution in [3.63, 3.8) is 0 Å². The first-order valence-electron chi connectivity index (χ1n) is 15.4. The van der Waals surface area contributed by atoms with Gasteiger partial charge in [-0.05, 0) is 64.7 Å². The van der Waals surface area contributed by atoms with Crippen LogP contribution < -0.4 is 5.32 Å². The molecular weight excluding hydrogens is 478 g/mol. The fourth-order valence-corrected chi connectivity index (χ4v) is 7.77. The van der Waals surface area contributed by atoms with Crippen molar-refractivity contribution in [2.24, 2.45) is 5.92 Å². The summed E-state index contributed by atoms with van der Waals surface area (Å²) in [5, 5.41) is 19.1. The summed E-state index contributed by atoms with van der Waals surface area (Å²) >= 11 is 0. The normalized spacial score (nSPS) is 26.6. The Bertz CT molecular complexity index is 986. The number of nitrogens with one attached hydrogen (secondary N) is 1. The van der Waals surface area contributed by atoms with E-state index >= 15 is 0 Å². The maximum atomic E-state index is 13.8. The maximum Gasteiger partial charge on any atom is 0.248 e. The minimum Gasteiger partial charge on any atom is -0.390 e. The molecule has 1 aromatic rings. The van der Waals surface area contributed by atoms with E-state index < -0.39 is 17.7 Å². The van der Waals surface area contributed by atoms with Crippen LogP contribution in [0.2, 0.25) is 0 Å². The molecule has 8 heteroatoms. The molecule has 1 aromatic heterocycles. The number of likely N-dealkylation sites (tertiary alicyclic amines) is 1. The van der Waals surface area contributed by atoms with E-state index in [9.17, 15) is 14.7 Å². The zero-order valence-electron chi connectivity index (χ0n) is 23.9.